The molecule has 0 unspecified atom stereocenters. The van der Waals surface area contributed by atoms with Crippen LogP contribution < -0.4 is 0 Å². The first-order valence-corrected chi connectivity index (χ1v) is 3.81. The Morgan fingerprint density at radius 1 is 1.25 bits per heavy atom. The van der Waals surface area contributed by atoms with Gasteiger partial charge < -0.3 is 14.4 Å². The van der Waals surface area contributed by atoms with E-state index in [9.17, 15) is 4.79 Å². The zero-order valence-corrected chi connectivity index (χ0v) is 7.71. The van der Waals surface area contributed by atoms with Gasteiger partial charge in [0.25, 0.3) is 0 Å². The molecule has 4 heteroatoms. The predicted molar refractivity (Wildman–Crippen MR) is 45.7 cm³/mol. The first-order chi connectivity index (χ1) is 5.72. The Bertz CT molecular complexity index is 119. The third-order valence-electron chi connectivity index (χ3n) is 1.48. The topological polar surface area (TPSA) is 38.8 Å². The van der Waals surface area contributed by atoms with Crippen LogP contribution in [0.4, 0.5) is 0 Å². The zero-order chi connectivity index (χ0) is 9.40. The molecular formula is C8H16NO3. The molecule has 0 saturated carbocycles. The highest BCUT2D eigenvalue weighted by Gasteiger charge is 2.06. The van der Waals surface area contributed by atoms with Gasteiger partial charge in [0, 0.05) is 34.2 Å². The molecule has 71 valence electrons. The van der Waals surface area contributed by atoms with Crippen LogP contribution in [0, 0.1) is 6.92 Å². The number of carbonyl (C=O) groups excluding carboxylic acids is 1. The summed E-state index contributed by atoms with van der Waals surface area (Å²) in [5.41, 5.74) is 0. The Kier molecular flexibility index (Phi) is 6.70. The van der Waals surface area contributed by atoms with Crippen molar-refractivity contribution >= 4 is 5.91 Å². The molecule has 0 aromatic rings. The molecule has 0 aromatic heterocycles. The summed E-state index contributed by atoms with van der Waals surface area (Å²) in [6.45, 7) is 5.53. The minimum Gasteiger partial charge on any atom is -0.383 e. The van der Waals surface area contributed by atoms with Crippen molar-refractivity contribution in [3.8, 4) is 0 Å². The van der Waals surface area contributed by atoms with E-state index < -0.39 is 0 Å². The number of ether oxygens (including phenoxy) is 2. The number of nitrogens with zero attached hydrogens (tertiary/aromatic N) is 1. The van der Waals surface area contributed by atoms with E-state index in [1.165, 1.54) is 0 Å². The molecule has 12 heavy (non-hydrogen) atoms. The molecule has 0 aliphatic carbocycles. The number of carbonyl (C=O) groups is 1. The van der Waals surface area contributed by atoms with E-state index in [0.29, 0.717) is 26.3 Å². The fourth-order valence-electron chi connectivity index (χ4n) is 0.764. The maximum atomic E-state index is 10.9. The molecule has 0 aromatic carbocycles. The molecule has 0 N–H and O–H groups in total. The Balaban J connectivity index is 3.62. The first kappa shape index (κ1) is 11.4. The Morgan fingerprint density at radius 2 is 1.67 bits per heavy atom. The lowest BCUT2D eigenvalue weighted by atomic mass is 10.4. The van der Waals surface area contributed by atoms with Crippen molar-refractivity contribution in [1.29, 1.82) is 0 Å². The first-order valence-electron chi connectivity index (χ1n) is 3.81. The largest absolute Gasteiger partial charge is 0.383 e. The Hall–Kier alpha value is -0.610. The summed E-state index contributed by atoms with van der Waals surface area (Å²) >= 11 is 0. The van der Waals surface area contributed by atoms with Crippen LogP contribution in [0.15, 0.2) is 0 Å². The van der Waals surface area contributed by atoms with Crippen LogP contribution in [-0.4, -0.2) is 51.3 Å². The average molecular weight is 174 g/mol. The number of methoxy groups -OCH3 is 2. The van der Waals surface area contributed by atoms with Crippen LogP contribution in [0.1, 0.15) is 0 Å². The van der Waals surface area contributed by atoms with Gasteiger partial charge in [-0.3, -0.25) is 4.79 Å². The number of amides is 1. The highest BCUT2D eigenvalue weighted by molar-refractivity contribution is 5.80. The molecule has 1 amide bonds. The monoisotopic (exact) mass is 174 g/mol. The van der Waals surface area contributed by atoms with E-state index in [-0.39, 0.29) is 5.91 Å². The quantitative estimate of drug-likeness (QED) is 0.566. The molecule has 0 spiro atoms. The van der Waals surface area contributed by atoms with Crippen LogP contribution in [0.3, 0.4) is 0 Å². The van der Waals surface area contributed by atoms with E-state index in [1.807, 2.05) is 0 Å². The van der Waals surface area contributed by atoms with E-state index in [2.05, 4.69) is 6.92 Å². The lowest BCUT2D eigenvalue weighted by Crippen LogP contribution is -2.34. The fraction of sp³-hybridized carbons (Fsp3) is 0.750. The maximum absolute atomic E-state index is 10.9. The molecular weight excluding hydrogens is 158 g/mol. The van der Waals surface area contributed by atoms with Crippen molar-refractivity contribution in [2.24, 2.45) is 0 Å². The lowest BCUT2D eigenvalue weighted by Gasteiger charge is -2.19. The van der Waals surface area contributed by atoms with Crippen molar-refractivity contribution in [1.82, 2.24) is 4.90 Å². The number of hydrogen-bond donors (Lipinski definition) is 0. The van der Waals surface area contributed by atoms with Gasteiger partial charge in [0.05, 0.1) is 13.2 Å². The van der Waals surface area contributed by atoms with Crippen LogP contribution in [0.5, 0.6) is 0 Å². The molecule has 0 bridgehead atoms. The Labute approximate surface area is 73.4 Å². The van der Waals surface area contributed by atoms with Gasteiger partial charge in [-0.1, -0.05) is 0 Å². The van der Waals surface area contributed by atoms with Gasteiger partial charge in [-0.05, 0) is 0 Å². The minimum atomic E-state index is -0.191. The normalized spacial score (nSPS) is 9.92. The van der Waals surface area contributed by atoms with E-state index in [4.69, 9.17) is 9.47 Å². The molecule has 0 aliphatic rings. The van der Waals surface area contributed by atoms with Crippen molar-refractivity contribution in [3.63, 3.8) is 0 Å². The summed E-state index contributed by atoms with van der Waals surface area (Å²) < 4.78 is 9.68. The SMILES string of the molecule is [CH2]C(=O)N(CCOC)CCOC. The second-order valence-corrected chi connectivity index (χ2v) is 2.37. The molecule has 4 nitrogen and oxygen atoms in total. The van der Waals surface area contributed by atoms with Gasteiger partial charge in [0.1, 0.15) is 0 Å². The average Bonchev–Trinajstić information content (AvgIpc) is 2.04. The van der Waals surface area contributed by atoms with E-state index in [1.54, 1.807) is 19.1 Å². The summed E-state index contributed by atoms with van der Waals surface area (Å²) in [6.07, 6.45) is 0. The third kappa shape index (κ3) is 5.09. The van der Waals surface area contributed by atoms with E-state index >= 15 is 0 Å². The van der Waals surface area contributed by atoms with Crippen molar-refractivity contribution < 1.29 is 14.3 Å². The van der Waals surface area contributed by atoms with Crippen LogP contribution in [0.25, 0.3) is 0 Å². The summed E-state index contributed by atoms with van der Waals surface area (Å²) in [6, 6.07) is 0. The van der Waals surface area contributed by atoms with Crippen molar-refractivity contribution in [2.45, 2.75) is 0 Å². The number of hydrogen-bond acceptors (Lipinski definition) is 3. The summed E-state index contributed by atoms with van der Waals surface area (Å²) in [4.78, 5) is 12.4. The summed E-state index contributed by atoms with van der Waals surface area (Å²) in [5.74, 6) is -0.191. The second-order valence-electron chi connectivity index (χ2n) is 2.37. The van der Waals surface area contributed by atoms with Crippen molar-refractivity contribution in [3.05, 3.63) is 6.92 Å². The molecule has 1 radical (unpaired) electrons. The zero-order valence-electron chi connectivity index (χ0n) is 7.71. The van der Waals surface area contributed by atoms with E-state index in [0.717, 1.165) is 0 Å². The smallest absolute Gasteiger partial charge is 0.223 e. The third-order valence-corrected chi connectivity index (χ3v) is 1.48. The van der Waals surface area contributed by atoms with Crippen LogP contribution >= 0.6 is 0 Å². The van der Waals surface area contributed by atoms with Gasteiger partial charge >= 0.3 is 0 Å². The standard InChI is InChI=1S/C8H16NO3/c1-8(10)9(4-6-11-2)5-7-12-3/h1,4-7H2,2-3H3. The molecule has 0 heterocycles. The van der Waals surface area contributed by atoms with Crippen LogP contribution in [-0.2, 0) is 14.3 Å². The molecule has 0 saturated heterocycles. The summed E-state index contributed by atoms with van der Waals surface area (Å²) in [5, 5.41) is 0. The minimum absolute atomic E-state index is 0.191. The van der Waals surface area contributed by atoms with Crippen molar-refractivity contribution in [2.75, 3.05) is 40.5 Å². The second kappa shape index (κ2) is 7.06. The molecule has 0 fully saturated rings. The van der Waals surface area contributed by atoms with Gasteiger partial charge in [0.2, 0.25) is 5.91 Å². The summed E-state index contributed by atoms with van der Waals surface area (Å²) in [7, 11) is 3.20. The maximum Gasteiger partial charge on any atom is 0.223 e. The van der Waals surface area contributed by atoms with Gasteiger partial charge in [-0.15, -0.1) is 0 Å². The highest BCUT2D eigenvalue weighted by Crippen LogP contribution is 1.89. The van der Waals surface area contributed by atoms with Gasteiger partial charge in [-0.25, -0.2) is 0 Å². The molecule has 0 atom stereocenters. The molecule has 0 rings (SSSR count). The Morgan fingerprint density at radius 3 is 1.92 bits per heavy atom. The number of rotatable bonds is 6. The fourth-order valence-corrected chi connectivity index (χ4v) is 0.764. The highest BCUT2D eigenvalue weighted by atomic mass is 16.5. The lowest BCUT2D eigenvalue weighted by molar-refractivity contribution is -0.127. The van der Waals surface area contributed by atoms with Gasteiger partial charge in [0.15, 0.2) is 0 Å². The predicted octanol–water partition coefficient (Wildman–Crippen LogP) is -0.0581. The van der Waals surface area contributed by atoms with Crippen LogP contribution in [0.2, 0.25) is 0 Å². The molecule has 0 aliphatic heterocycles. The van der Waals surface area contributed by atoms with Gasteiger partial charge in [-0.2, -0.15) is 0 Å².